The van der Waals surface area contributed by atoms with Crippen molar-refractivity contribution < 1.29 is 9.53 Å². The number of amides is 1. The molecule has 3 aromatic rings. The summed E-state index contributed by atoms with van der Waals surface area (Å²) in [6.07, 6.45) is 1.55. The standard InChI is InChI=1S/C28H33N3O2/c1-29-25-18-11-19-31(20-22-12-5-2-6-13-22)27(30-28(32)24-16-9-4-10-17-24)26(25)33-21-23-14-7-3-8-15-23/h2-10,12-17,25-27,29H,11,18-21H2,1H3,(H,30,32). The molecule has 172 valence electrons. The van der Waals surface area contributed by atoms with Crippen LogP contribution in [-0.2, 0) is 17.9 Å². The first-order valence-electron chi connectivity index (χ1n) is 11.7. The molecule has 4 rings (SSSR count). The van der Waals surface area contributed by atoms with Gasteiger partial charge in [0.1, 0.15) is 12.3 Å². The summed E-state index contributed by atoms with van der Waals surface area (Å²) < 4.78 is 6.55. The Bertz CT molecular complexity index is 982. The van der Waals surface area contributed by atoms with Crippen molar-refractivity contribution in [1.29, 1.82) is 0 Å². The van der Waals surface area contributed by atoms with Crippen molar-refractivity contribution in [3.8, 4) is 0 Å². The van der Waals surface area contributed by atoms with Crippen LogP contribution in [0.25, 0.3) is 0 Å². The minimum absolute atomic E-state index is 0.0799. The third-order valence-electron chi connectivity index (χ3n) is 6.26. The molecule has 3 unspecified atom stereocenters. The van der Waals surface area contributed by atoms with Crippen molar-refractivity contribution in [2.24, 2.45) is 0 Å². The summed E-state index contributed by atoms with van der Waals surface area (Å²) in [5.74, 6) is -0.0799. The van der Waals surface area contributed by atoms with E-state index < -0.39 is 0 Å². The quantitative estimate of drug-likeness (QED) is 0.548. The first kappa shape index (κ1) is 23.2. The van der Waals surface area contributed by atoms with Crippen molar-refractivity contribution in [1.82, 2.24) is 15.5 Å². The number of carbonyl (C=O) groups is 1. The summed E-state index contributed by atoms with van der Waals surface area (Å²) in [6, 6.07) is 30.2. The van der Waals surface area contributed by atoms with Gasteiger partial charge in [-0.3, -0.25) is 9.69 Å². The fourth-order valence-electron chi connectivity index (χ4n) is 4.50. The summed E-state index contributed by atoms with van der Waals surface area (Å²) in [6.45, 7) is 2.14. The van der Waals surface area contributed by atoms with Gasteiger partial charge in [-0.15, -0.1) is 0 Å². The lowest BCUT2D eigenvalue weighted by molar-refractivity contribution is -0.0448. The first-order valence-corrected chi connectivity index (χ1v) is 11.7. The van der Waals surface area contributed by atoms with Gasteiger partial charge < -0.3 is 15.4 Å². The van der Waals surface area contributed by atoms with Crippen molar-refractivity contribution in [2.75, 3.05) is 13.6 Å². The molecule has 1 heterocycles. The molecule has 0 radical (unpaired) electrons. The molecule has 2 N–H and O–H groups in total. The van der Waals surface area contributed by atoms with Crippen molar-refractivity contribution in [3.05, 3.63) is 108 Å². The zero-order valence-electron chi connectivity index (χ0n) is 19.2. The third-order valence-corrected chi connectivity index (χ3v) is 6.26. The summed E-state index contributed by atoms with van der Waals surface area (Å²) in [7, 11) is 1.98. The number of likely N-dealkylation sites (N-methyl/N-ethyl adjacent to an activating group) is 1. The average molecular weight is 444 g/mol. The van der Waals surface area contributed by atoms with E-state index in [2.05, 4.69) is 51.9 Å². The van der Waals surface area contributed by atoms with Gasteiger partial charge in [-0.05, 0) is 43.1 Å². The van der Waals surface area contributed by atoms with E-state index in [-0.39, 0.29) is 24.2 Å². The minimum atomic E-state index is -0.262. The Kier molecular flexibility index (Phi) is 8.25. The van der Waals surface area contributed by atoms with Gasteiger partial charge in [0.25, 0.3) is 5.91 Å². The van der Waals surface area contributed by atoms with Gasteiger partial charge in [0.15, 0.2) is 0 Å². The maximum Gasteiger partial charge on any atom is 0.252 e. The zero-order chi connectivity index (χ0) is 22.9. The van der Waals surface area contributed by atoms with Crippen LogP contribution in [0.5, 0.6) is 0 Å². The number of hydrogen-bond donors (Lipinski definition) is 2. The van der Waals surface area contributed by atoms with Crippen LogP contribution in [0.15, 0.2) is 91.0 Å². The number of carbonyl (C=O) groups excluding carboxylic acids is 1. The topological polar surface area (TPSA) is 53.6 Å². The van der Waals surface area contributed by atoms with Gasteiger partial charge in [0.2, 0.25) is 0 Å². The third kappa shape index (κ3) is 6.29. The molecule has 0 spiro atoms. The molecule has 1 amide bonds. The minimum Gasteiger partial charge on any atom is -0.368 e. The van der Waals surface area contributed by atoms with Crippen LogP contribution in [0, 0.1) is 0 Å². The fraction of sp³-hybridized carbons (Fsp3) is 0.321. The van der Waals surface area contributed by atoms with Crippen LogP contribution in [0.4, 0.5) is 0 Å². The highest BCUT2D eigenvalue weighted by Gasteiger charge is 2.37. The number of benzene rings is 3. The predicted molar refractivity (Wildman–Crippen MR) is 132 cm³/mol. The Morgan fingerprint density at radius 2 is 1.52 bits per heavy atom. The lowest BCUT2D eigenvalue weighted by atomic mass is 10.0. The number of rotatable bonds is 8. The van der Waals surface area contributed by atoms with Gasteiger partial charge in [-0.25, -0.2) is 0 Å². The van der Waals surface area contributed by atoms with Crippen LogP contribution < -0.4 is 10.6 Å². The maximum atomic E-state index is 13.2. The highest BCUT2D eigenvalue weighted by atomic mass is 16.5. The second kappa shape index (κ2) is 11.8. The molecular weight excluding hydrogens is 410 g/mol. The number of nitrogens with one attached hydrogen (secondary N) is 2. The highest BCUT2D eigenvalue weighted by molar-refractivity contribution is 5.94. The molecule has 0 bridgehead atoms. The average Bonchev–Trinajstić information content (AvgIpc) is 3.03. The molecule has 0 aliphatic carbocycles. The molecule has 5 nitrogen and oxygen atoms in total. The molecule has 3 atom stereocenters. The fourth-order valence-corrected chi connectivity index (χ4v) is 4.50. The molecule has 1 aliphatic heterocycles. The van der Waals surface area contributed by atoms with Gasteiger partial charge >= 0.3 is 0 Å². The lowest BCUT2D eigenvalue weighted by Gasteiger charge is -2.38. The summed E-state index contributed by atoms with van der Waals surface area (Å²) in [5, 5.41) is 6.77. The zero-order valence-corrected chi connectivity index (χ0v) is 19.2. The molecule has 3 aromatic carbocycles. The molecule has 5 heteroatoms. The lowest BCUT2D eigenvalue weighted by Crippen LogP contribution is -2.59. The molecule has 0 saturated carbocycles. The molecule has 1 aliphatic rings. The van der Waals surface area contributed by atoms with Crippen LogP contribution >= 0.6 is 0 Å². The summed E-state index contributed by atoms with van der Waals surface area (Å²) in [4.78, 5) is 15.6. The largest absolute Gasteiger partial charge is 0.368 e. The Balaban J connectivity index is 1.61. The maximum absolute atomic E-state index is 13.2. The molecule has 33 heavy (non-hydrogen) atoms. The molecule has 1 fully saturated rings. The number of ether oxygens (including phenoxy) is 1. The first-order chi connectivity index (χ1) is 16.2. The second-order valence-electron chi connectivity index (χ2n) is 8.54. The van der Waals surface area contributed by atoms with E-state index in [1.807, 2.05) is 61.6 Å². The van der Waals surface area contributed by atoms with Gasteiger partial charge in [-0.1, -0.05) is 78.9 Å². The SMILES string of the molecule is CNC1CCCN(Cc2ccccc2)C(NC(=O)c2ccccc2)C1OCc1ccccc1. The summed E-state index contributed by atoms with van der Waals surface area (Å²) >= 11 is 0. The number of nitrogens with zero attached hydrogens (tertiary/aromatic N) is 1. The highest BCUT2D eigenvalue weighted by Crippen LogP contribution is 2.23. The van der Waals surface area contributed by atoms with Gasteiger partial charge in [0, 0.05) is 24.7 Å². The van der Waals surface area contributed by atoms with Gasteiger partial charge in [-0.2, -0.15) is 0 Å². The summed E-state index contributed by atoms with van der Waals surface area (Å²) in [5.41, 5.74) is 3.00. The normalized spacial score (nSPS) is 21.3. The van der Waals surface area contributed by atoms with Crippen molar-refractivity contribution in [3.63, 3.8) is 0 Å². The number of likely N-dealkylation sites (tertiary alicyclic amines) is 1. The molecule has 0 aromatic heterocycles. The van der Waals surface area contributed by atoms with Crippen LogP contribution in [0.3, 0.4) is 0 Å². The Morgan fingerprint density at radius 3 is 2.15 bits per heavy atom. The van der Waals surface area contributed by atoms with Crippen LogP contribution in [0.2, 0.25) is 0 Å². The Labute approximate surface area is 196 Å². The number of hydrogen-bond acceptors (Lipinski definition) is 4. The Morgan fingerprint density at radius 1 is 0.909 bits per heavy atom. The Hall–Kier alpha value is -2.99. The van der Waals surface area contributed by atoms with Crippen molar-refractivity contribution >= 4 is 5.91 Å². The smallest absolute Gasteiger partial charge is 0.252 e. The monoisotopic (exact) mass is 443 g/mol. The van der Waals surface area contributed by atoms with E-state index in [1.165, 1.54) is 5.56 Å². The van der Waals surface area contributed by atoms with E-state index in [0.717, 1.165) is 31.5 Å². The van der Waals surface area contributed by atoms with E-state index >= 15 is 0 Å². The van der Waals surface area contributed by atoms with E-state index in [4.69, 9.17) is 4.74 Å². The van der Waals surface area contributed by atoms with Gasteiger partial charge in [0.05, 0.1) is 6.61 Å². The van der Waals surface area contributed by atoms with E-state index in [0.29, 0.717) is 12.2 Å². The molecule has 1 saturated heterocycles. The van der Waals surface area contributed by atoms with E-state index in [9.17, 15) is 4.79 Å². The van der Waals surface area contributed by atoms with Crippen molar-refractivity contribution in [2.45, 2.75) is 44.3 Å². The van der Waals surface area contributed by atoms with Crippen LogP contribution in [0.1, 0.15) is 34.3 Å². The molecular formula is C28H33N3O2. The van der Waals surface area contributed by atoms with Crippen LogP contribution in [-0.4, -0.2) is 42.7 Å². The predicted octanol–water partition coefficient (Wildman–Crippen LogP) is 4.21. The second-order valence-corrected chi connectivity index (χ2v) is 8.54. The van der Waals surface area contributed by atoms with E-state index in [1.54, 1.807) is 0 Å².